The Labute approximate surface area is 82.9 Å². The maximum absolute atomic E-state index is 9.64. The smallest absolute Gasteiger partial charge is 0.135 e. The van der Waals surface area contributed by atoms with E-state index in [4.69, 9.17) is 0 Å². The summed E-state index contributed by atoms with van der Waals surface area (Å²) in [5.41, 5.74) is 5.29. The van der Waals surface area contributed by atoms with Gasteiger partial charge in [0, 0.05) is 0 Å². The van der Waals surface area contributed by atoms with E-state index in [1.807, 2.05) is 20.8 Å². The van der Waals surface area contributed by atoms with Crippen molar-refractivity contribution in [1.29, 1.82) is 0 Å². The van der Waals surface area contributed by atoms with Crippen LogP contribution in [0.25, 0.3) is 0 Å². The quantitative estimate of drug-likeness (QED) is 0.388. The maximum atomic E-state index is 9.64. The first kappa shape index (κ1) is 12.5. The fraction of sp³-hybridized carbons (Fsp3) is 0.636. The summed E-state index contributed by atoms with van der Waals surface area (Å²) >= 11 is 0. The van der Waals surface area contributed by atoms with Crippen molar-refractivity contribution in [2.75, 3.05) is 0 Å². The van der Waals surface area contributed by atoms with Gasteiger partial charge in [0.2, 0.25) is 0 Å². The first-order valence-corrected chi connectivity index (χ1v) is 8.09. The van der Waals surface area contributed by atoms with E-state index in [1.54, 1.807) is 0 Å². The first-order chi connectivity index (χ1) is 5.74. The molecule has 1 N–H and O–H groups in total. The molecule has 0 aliphatic heterocycles. The minimum absolute atomic E-state index is 0.572. The van der Waals surface area contributed by atoms with Crippen molar-refractivity contribution in [3.8, 4) is 11.5 Å². The molecule has 0 fully saturated rings. The molecule has 13 heavy (non-hydrogen) atoms. The molecule has 0 bridgehead atoms. The van der Waals surface area contributed by atoms with Gasteiger partial charge in [0.1, 0.15) is 14.2 Å². The molecule has 0 aromatic heterocycles. The number of aliphatic hydroxyl groups is 1. The van der Waals surface area contributed by atoms with Crippen LogP contribution < -0.4 is 0 Å². The van der Waals surface area contributed by atoms with E-state index in [9.17, 15) is 5.11 Å². The van der Waals surface area contributed by atoms with Crippen LogP contribution in [-0.2, 0) is 0 Å². The molecule has 0 aromatic rings. The SMILES string of the molecule is CC(C)=C(C)C(O)C#C[Si](C)(C)C. The summed E-state index contributed by atoms with van der Waals surface area (Å²) in [6, 6.07) is 0. The normalized spacial score (nSPS) is 12.8. The fourth-order valence-corrected chi connectivity index (χ4v) is 1.24. The van der Waals surface area contributed by atoms with Gasteiger partial charge in [0.25, 0.3) is 0 Å². The monoisotopic (exact) mass is 196 g/mol. The van der Waals surface area contributed by atoms with Crippen LogP contribution in [0.2, 0.25) is 19.6 Å². The van der Waals surface area contributed by atoms with Gasteiger partial charge in [-0.15, -0.1) is 5.54 Å². The van der Waals surface area contributed by atoms with E-state index >= 15 is 0 Å². The fourth-order valence-electron chi connectivity index (χ4n) is 0.667. The summed E-state index contributed by atoms with van der Waals surface area (Å²) in [4.78, 5) is 0. The van der Waals surface area contributed by atoms with Crippen molar-refractivity contribution in [3.63, 3.8) is 0 Å². The van der Waals surface area contributed by atoms with Crippen LogP contribution in [0.1, 0.15) is 20.8 Å². The van der Waals surface area contributed by atoms with Crippen molar-refractivity contribution in [3.05, 3.63) is 11.1 Å². The average molecular weight is 196 g/mol. The van der Waals surface area contributed by atoms with Crippen molar-refractivity contribution >= 4 is 8.07 Å². The molecule has 0 aliphatic carbocycles. The van der Waals surface area contributed by atoms with Crippen molar-refractivity contribution < 1.29 is 5.11 Å². The molecule has 0 radical (unpaired) electrons. The predicted octanol–water partition coefficient (Wildman–Crippen LogP) is 2.58. The molecule has 1 unspecified atom stereocenters. The van der Waals surface area contributed by atoms with Gasteiger partial charge >= 0.3 is 0 Å². The second-order valence-electron chi connectivity index (χ2n) is 4.60. The lowest BCUT2D eigenvalue weighted by molar-refractivity contribution is 0.267. The zero-order valence-electron chi connectivity index (χ0n) is 9.52. The highest BCUT2D eigenvalue weighted by molar-refractivity contribution is 6.83. The number of allylic oxidation sites excluding steroid dienone is 1. The van der Waals surface area contributed by atoms with Crippen LogP contribution in [0.4, 0.5) is 0 Å². The molecule has 1 atom stereocenters. The van der Waals surface area contributed by atoms with E-state index in [0.717, 1.165) is 11.1 Å². The highest BCUT2D eigenvalue weighted by Gasteiger charge is 2.09. The van der Waals surface area contributed by atoms with Gasteiger partial charge in [0.05, 0.1) is 0 Å². The standard InChI is InChI=1S/C11H20OSi/c1-9(2)10(3)11(12)7-8-13(4,5)6/h11-12H,1-6H3. The van der Waals surface area contributed by atoms with Gasteiger partial charge in [-0.3, -0.25) is 0 Å². The average Bonchev–Trinajstić information content (AvgIpc) is 1.97. The molecule has 74 valence electrons. The lowest BCUT2D eigenvalue weighted by Crippen LogP contribution is -2.18. The summed E-state index contributed by atoms with van der Waals surface area (Å²) < 4.78 is 0. The van der Waals surface area contributed by atoms with Crippen LogP contribution in [0, 0.1) is 11.5 Å². The van der Waals surface area contributed by atoms with Crippen molar-refractivity contribution in [1.82, 2.24) is 0 Å². The third-order valence-electron chi connectivity index (χ3n) is 1.78. The van der Waals surface area contributed by atoms with Gasteiger partial charge < -0.3 is 5.11 Å². The Bertz CT molecular complexity index is 256. The Hall–Kier alpha value is -0.523. The number of rotatable bonds is 1. The molecule has 0 spiro atoms. The molecular weight excluding hydrogens is 176 g/mol. The summed E-state index contributed by atoms with van der Waals surface area (Å²) in [5.74, 6) is 2.91. The molecule has 0 saturated heterocycles. The zero-order valence-corrected chi connectivity index (χ0v) is 10.5. The second-order valence-corrected chi connectivity index (χ2v) is 9.35. The van der Waals surface area contributed by atoms with Crippen molar-refractivity contribution in [2.45, 2.75) is 46.5 Å². The van der Waals surface area contributed by atoms with E-state index in [0.29, 0.717) is 0 Å². The third-order valence-corrected chi connectivity index (χ3v) is 2.68. The van der Waals surface area contributed by atoms with Crippen LogP contribution in [0.15, 0.2) is 11.1 Å². The summed E-state index contributed by atoms with van der Waals surface area (Å²) in [6.45, 7) is 12.4. The van der Waals surface area contributed by atoms with Crippen LogP contribution in [-0.4, -0.2) is 19.3 Å². The molecule has 0 rings (SSSR count). The maximum Gasteiger partial charge on any atom is 0.135 e. The molecule has 0 aliphatic rings. The molecule has 2 heteroatoms. The second kappa shape index (κ2) is 4.64. The predicted molar refractivity (Wildman–Crippen MR) is 61.2 cm³/mol. The molecule has 1 nitrogen and oxygen atoms in total. The lowest BCUT2D eigenvalue weighted by atomic mass is 10.1. The third kappa shape index (κ3) is 5.68. The molecule has 0 amide bonds. The highest BCUT2D eigenvalue weighted by Crippen LogP contribution is 2.07. The number of aliphatic hydroxyl groups excluding tert-OH is 1. The van der Waals surface area contributed by atoms with E-state index < -0.39 is 14.2 Å². The van der Waals surface area contributed by atoms with Crippen LogP contribution in [0.3, 0.4) is 0 Å². The van der Waals surface area contributed by atoms with Gasteiger partial charge in [-0.25, -0.2) is 0 Å². The summed E-state index contributed by atoms with van der Waals surface area (Å²) in [6.07, 6.45) is -0.572. The Morgan fingerprint density at radius 1 is 1.15 bits per heavy atom. The topological polar surface area (TPSA) is 20.2 Å². The van der Waals surface area contributed by atoms with Gasteiger partial charge in [-0.2, -0.15) is 0 Å². The Balaban J connectivity index is 4.55. The number of hydrogen-bond donors (Lipinski definition) is 1. The van der Waals surface area contributed by atoms with Gasteiger partial charge in [0.15, 0.2) is 0 Å². The minimum Gasteiger partial charge on any atom is -0.376 e. The van der Waals surface area contributed by atoms with E-state index in [-0.39, 0.29) is 0 Å². The summed E-state index contributed by atoms with van der Waals surface area (Å²) in [5, 5.41) is 9.64. The lowest BCUT2D eigenvalue weighted by Gasteiger charge is -2.08. The zero-order chi connectivity index (χ0) is 10.6. The first-order valence-electron chi connectivity index (χ1n) is 4.59. The Kier molecular flexibility index (Phi) is 4.45. The molecule has 0 saturated carbocycles. The summed E-state index contributed by atoms with van der Waals surface area (Å²) in [7, 11) is -1.34. The minimum atomic E-state index is -1.34. The van der Waals surface area contributed by atoms with Gasteiger partial charge in [-0.05, 0) is 26.3 Å². The highest BCUT2D eigenvalue weighted by atomic mass is 28.3. The largest absolute Gasteiger partial charge is 0.376 e. The molecular formula is C11H20OSi. The Morgan fingerprint density at radius 2 is 1.62 bits per heavy atom. The number of hydrogen-bond acceptors (Lipinski definition) is 1. The molecule has 0 heterocycles. The molecule has 0 aromatic carbocycles. The van der Waals surface area contributed by atoms with Gasteiger partial charge in [-0.1, -0.05) is 31.1 Å². The van der Waals surface area contributed by atoms with E-state index in [2.05, 4.69) is 31.1 Å². The van der Waals surface area contributed by atoms with Crippen LogP contribution >= 0.6 is 0 Å². The van der Waals surface area contributed by atoms with E-state index in [1.165, 1.54) is 0 Å². The Morgan fingerprint density at radius 3 is 1.92 bits per heavy atom. The van der Waals surface area contributed by atoms with Crippen molar-refractivity contribution in [2.24, 2.45) is 0 Å². The van der Waals surface area contributed by atoms with Crippen LogP contribution in [0.5, 0.6) is 0 Å².